The number of fused-ring (bicyclic) bond motifs is 1. The number of hydrogen-bond donors (Lipinski definition) is 0. The number of aromatic nitrogens is 2. The summed E-state index contributed by atoms with van der Waals surface area (Å²) in [5.41, 5.74) is 1.89. The van der Waals surface area contributed by atoms with Crippen molar-refractivity contribution >= 4 is 16.5 Å². The first-order chi connectivity index (χ1) is 10.4. The van der Waals surface area contributed by atoms with E-state index in [4.69, 9.17) is 0 Å². The van der Waals surface area contributed by atoms with Gasteiger partial charge in [-0.1, -0.05) is 12.6 Å². The van der Waals surface area contributed by atoms with Gasteiger partial charge < -0.3 is 4.57 Å². The highest BCUT2D eigenvalue weighted by Crippen LogP contribution is 2.31. The maximum Gasteiger partial charge on any atom is 0.433 e. The van der Waals surface area contributed by atoms with Crippen molar-refractivity contribution < 1.29 is 13.2 Å². The molecular formula is C17H13F3N2. The van der Waals surface area contributed by atoms with Gasteiger partial charge in [0.2, 0.25) is 0 Å². The predicted octanol–water partition coefficient (Wildman–Crippen LogP) is 4.65. The minimum absolute atomic E-state index is 0.414. The molecule has 22 heavy (non-hydrogen) atoms. The second-order valence-electron chi connectivity index (χ2n) is 5.11. The average molecular weight is 302 g/mol. The van der Waals surface area contributed by atoms with E-state index in [1.54, 1.807) is 0 Å². The SMILES string of the molecule is C=C(c1ccnc(C(F)(F)F)c1)c1ccc2c(ccn2C)c1. The summed E-state index contributed by atoms with van der Waals surface area (Å²) in [4.78, 5) is 3.37. The van der Waals surface area contributed by atoms with Crippen molar-refractivity contribution in [2.75, 3.05) is 0 Å². The van der Waals surface area contributed by atoms with Crippen LogP contribution in [0.25, 0.3) is 16.5 Å². The second-order valence-corrected chi connectivity index (χ2v) is 5.11. The molecule has 3 aromatic rings. The van der Waals surface area contributed by atoms with E-state index in [0.717, 1.165) is 28.7 Å². The Hall–Kier alpha value is -2.56. The Morgan fingerprint density at radius 3 is 2.55 bits per heavy atom. The van der Waals surface area contributed by atoms with Gasteiger partial charge >= 0.3 is 6.18 Å². The zero-order chi connectivity index (χ0) is 15.9. The molecule has 0 N–H and O–H groups in total. The first-order valence-electron chi connectivity index (χ1n) is 6.64. The molecule has 5 heteroatoms. The Labute approximate surface area is 125 Å². The van der Waals surface area contributed by atoms with Gasteiger partial charge in [-0.2, -0.15) is 13.2 Å². The molecule has 112 valence electrons. The number of rotatable bonds is 2. The number of halogens is 3. The zero-order valence-electron chi connectivity index (χ0n) is 11.9. The standard InChI is InChI=1S/C17H13F3N2/c1-11(13-5-7-21-16(10-13)17(18,19)20)12-3-4-15-14(9-12)6-8-22(15)2/h3-10H,1H2,2H3. The van der Waals surface area contributed by atoms with Gasteiger partial charge in [0.1, 0.15) is 5.69 Å². The monoisotopic (exact) mass is 302 g/mol. The summed E-state index contributed by atoms with van der Waals surface area (Å²) in [6.45, 7) is 3.93. The number of hydrogen-bond acceptors (Lipinski definition) is 1. The fourth-order valence-electron chi connectivity index (χ4n) is 2.41. The molecule has 0 aliphatic heterocycles. The van der Waals surface area contributed by atoms with Crippen LogP contribution >= 0.6 is 0 Å². The van der Waals surface area contributed by atoms with E-state index in [1.807, 2.05) is 42.1 Å². The molecule has 2 aromatic heterocycles. The molecule has 0 unspecified atom stereocenters. The maximum atomic E-state index is 12.7. The van der Waals surface area contributed by atoms with Crippen LogP contribution in [0.1, 0.15) is 16.8 Å². The van der Waals surface area contributed by atoms with Gasteiger partial charge in [-0.05, 0) is 47.0 Å². The maximum absolute atomic E-state index is 12.7. The molecule has 0 bridgehead atoms. The third-order valence-corrected chi connectivity index (χ3v) is 3.63. The largest absolute Gasteiger partial charge is 0.433 e. The summed E-state index contributed by atoms with van der Waals surface area (Å²) in [6.07, 6.45) is -1.37. The Morgan fingerprint density at radius 1 is 1.09 bits per heavy atom. The molecule has 2 heterocycles. The molecule has 0 aliphatic carbocycles. The Balaban J connectivity index is 2.02. The summed E-state index contributed by atoms with van der Waals surface area (Å²) in [5, 5.41) is 1.02. The lowest BCUT2D eigenvalue weighted by Gasteiger charge is -2.10. The fourth-order valence-corrected chi connectivity index (χ4v) is 2.41. The van der Waals surface area contributed by atoms with Crippen LogP contribution in [0, 0.1) is 0 Å². The molecule has 0 radical (unpaired) electrons. The smallest absolute Gasteiger partial charge is 0.351 e. The van der Waals surface area contributed by atoms with Crippen LogP contribution in [-0.2, 0) is 13.2 Å². The van der Waals surface area contributed by atoms with E-state index in [9.17, 15) is 13.2 Å². The molecule has 0 atom stereocenters. The van der Waals surface area contributed by atoms with Gasteiger partial charge in [0, 0.05) is 30.3 Å². The van der Waals surface area contributed by atoms with Crippen molar-refractivity contribution in [3.63, 3.8) is 0 Å². The molecule has 0 aliphatic rings. The van der Waals surface area contributed by atoms with Gasteiger partial charge in [0.25, 0.3) is 0 Å². The van der Waals surface area contributed by atoms with Crippen LogP contribution in [0.4, 0.5) is 13.2 Å². The van der Waals surface area contributed by atoms with E-state index < -0.39 is 11.9 Å². The van der Waals surface area contributed by atoms with Crippen LogP contribution in [-0.4, -0.2) is 9.55 Å². The van der Waals surface area contributed by atoms with Crippen LogP contribution in [0.2, 0.25) is 0 Å². The first kappa shape index (κ1) is 14.4. The summed E-state index contributed by atoms with van der Waals surface area (Å²) >= 11 is 0. The van der Waals surface area contributed by atoms with Gasteiger partial charge in [0.05, 0.1) is 0 Å². The van der Waals surface area contributed by atoms with Crippen molar-refractivity contribution in [2.24, 2.45) is 7.05 Å². The first-order valence-corrected chi connectivity index (χ1v) is 6.64. The van der Waals surface area contributed by atoms with Crippen LogP contribution in [0.3, 0.4) is 0 Å². The summed E-state index contributed by atoms with van der Waals surface area (Å²) in [7, 11) is 1.94. The lowest BCUT2D eigenvalue weighted by Crippen LogP contribution is -2.08. The predicted molar refractivity (Wildman–Crippen MR) is 80.3 cm³/mol. The number of pyridine rings is 1. The lowest BCUT2D eigenvalue weighted by molar-refractivity contribution is -0.141. The topological polar surface area (TPSA) is 17.8 Å². The van der Waals surface area contributed by atoms with Crippen LogP contribution in [0.15, 0.2) is 55.4 Å². The number of alkyl halides is 3. The van der Waals surface area contributed by atoms with Gasteiger partial charge in [-0.25, -0.2) is 0 Å². The van der Waals surface area contributed by atoms with Crippen molar-refractivity contribution in [3.05, 3.63) is 72.2 Å². The Kier molecular flexibility index (Phi) is 3.28. The normalized spacial score (nSPS) is 11.8. The Bertz CT molecular complexity index is 860. The number of nitrogens with zero attached hydrogens (tertiary/aromatic N) is 2. The molecule has 0 spiro atoms. The molecular weight excluding hydrogens is 289 g/mol. The molecule has 0 fully saturated rings. The molecule has 2 nitrogen and oxygen atoms in total. The van der Waals surface area contributed by atoms with Gasteiger partial charge in [-0.3, -0.25) is 4.98 Å². The molecule has 0 saturated carbocycles. The summed E-state index contributed by atoms with van der Waals surface area (Å²) in [5.74, 6) is 0. The minimum Gasteiger partial charge on any atom is -0.351 e. The highest BCUT2D eigenvalue weighted by atomic mass is 19.4. The third-order valence-electron chi connectivity index (χ3n) is 3.63. The van der Waals surface area contributed by atoms with Crippen LogP contribution < -0.4 is 0 Å². The van der Waals surface area contributed by atoms with Crippen molar-refractivity contribution in [3.8, 4) is 0 Å². The highest BCUT2D eigenvalue weighted by molar-refractivity contribution is 5.87. The Morgan fingerprint density at radius 2 is 1.82 bits per heavy atom. The van der Waals surface area contributed by atoms with E-state index in [2.05, 4.69) is 11.6 Å². The lowest BCUT2D eigenvalue weighted by atomic mass is 9.98. The molecule has 0 saturated heterocycles. The average Bonchev–Trinajstić information content (AvgIpc) is 2.87. The van der Waals surface area contributed by atoms with Crippen molar-refractivity contribution in [1.29, 1.82) is 0 Å². The fraction of sp³-hybridized carbons (Fsp3) is 0.118. The number of benzene rings is 1. The second kappa shape index (κ2) is 5.02. The molecule has 3 rings (SSSR count). The van der Waals surface area contributed by atoms with Crippen LogP contribution in [0.5, 0.6) is 0 Å². The zero-order valence-corrected chi connectivity index (χ0v) is 11.9. The third kappa shape index (κ3) is 2.50. The van der Waals surface area contributed by atoms with E-state index in [-0.39, 0.29) is 0 Å². The number of aryl methyl sites for hydroxylation is 1. The van der Waals surface area contributed by atoms with Gasteiger partial charge in [-0.15, -0.1) is 0 Å². The van der Waals surface area contributed by atoms with E-state index >= 15 is 0 Å². The highest BCUT2D eigenvalue weighted by Gasteiger charge is 2.32. The summed E-state index contributed by atoms with van der Waals surface area (Å²) < 4.78 is 40.2. The van der Waals surface area contributed by atoms with Gasteiger partial charge in [0.15, 0.2) is 0 Å². The summed E-state index contributed by atoms with van der Waals surface area (Å²) in [6, 6.07) is 10.2. The van der Waals surface area contributed by atoms with E-state index in [0.29, 0.717) is 11.1 Å². The van der Waals surface area contributed by atoms with E-state index in [1.165, 1.54) is 6.07 Å². The molecule has 0 amide bonds. The molecule has 1 aromatic carbocycles. The van der Waals surface area contributed by atoms with Crippen molar-refractivity contribution in [1.82, 2.24) is 9.55 Å². The quantitative estimate of drug-likeness (QED) is 0.673. The minimum atomic E-state index is -4.46. The van der Waals surface area contributed by atoms with Crippen molar-refractivity contribution in [2.45, 2.75) is 6.18 Å².